The Morgan fingerprint density at radius 1 is 1.36 bits per heavy atom. The van der Waals surface area contributed by atoms with Crippen LogP contribution in [0.1, 0.15) is 26.7 Å². The molecule has 0 nitrogen and oxygen atoms in total. The third kappa shape index (κ3) is 3.90. The lowest BCUT2D eigenvalue weighted by molar-refractivity contribution is 0.565. The molecule has 0 rings (SSSR count). The van der Waals surface area contributed by atoms with E-state index in [2.05, 4.69) is 6.58 Å². The van der Waals surface area contributed by atoms with Gasteiger partial charge in [-0.25, -0.2) is 8.78 Å². The molecule has 0 unspecified atom stereocenters. The van der Waals surface area contributed by atoms with Crippen molar-refractivity contribution in [1.82, 2.24) is 0 Å². The Kier molecular flexibility index (Phi) is 6.18. The SMILES string of the molecule is [B]C(/C(F)=C\C(CC)CC)=C(\F)C=C. The maximum Gasteiger partial charge on any atom is 0.122 e. The summed E-state index contributed by atoms with van der Waals surface area (Å²) in [6, 6.07) is 0. The predicted octanol–water partition coefficient (Wildman–Crippen LogP) is 3.81. The van der Waals surface area contributed by atoms with Crippen LogP contribution in [-0.2, 0) is 0 Å². The summed E-state index contributed by atoms with van der Waals surface area (Å²) in [6.45, 7) is 7.07. The van der Waals surface area contributed by atoms with Crippen molar-refractivity contribution >= 4 is 7.85 Å². The summed E-state index contributed by atoms with van der Waals surface area (Å²) >= 11 is 0. The average molecular weight is 196 g/mol. The molecular formula is C11H15BF2. The molecule has 0 fully saturated rings. The average Bonchev–Trinajstić information content (AvgIpc) is 2.23. The van der Waals surface area contributed by atoms with Crippen LogP contribution in [0.3, 0.4) is 0 Å². The van der Waals surface area contributed by atoms with Crippen molar-refractivity contribution in [2.45, 2.75) is 26.7 Å². The van der Waals surface area contributed by atoms with Crippen LogP contribution >= 0.6 is 0 Å². The molecule has 0 atom stereocenters. The highest BCUT2D eigenvalue weighted by molar-refractivity contribution is 6.24. The summed E-state index contributed by atoms with van der Waals surface area (Å²) in [5, 5.41) is 0. The van der Waals surface area contributed by atoms with E-state index < -0.39 is 17.1 Å². The quantitative estimate of drug-likeness (QED) is 0.463. The molecule has 0 aliphatic rings. The van der Waals surface area contributed by atoms with Gasteiger partial charge >= 0.3 is 0 Å². The summed E-state index contributed by atoms with van der Waals surface area (Å²) in [4.78, 5) is 0. The zero-order valence-electron chi connectivity index (χ0n) is 8.69. The van der Waals surface area contributed by atoms with Gasteiger partial charge in [-0.15, -0.1) is 0 Å². The van der Waals surface area contributed by atoms with Crippen LogP contribution in [0, 0.1) is 5.92 Å². The zero-order chi connectivity index (χ0) is 11.1. The van der Waals surface area contributed by atoms with Gasteiger partial charge in [0, 0.05) is 0 Å². The van der Waals surface area contributed by atoms with Gasteiger partial charge in [-0.2, -0.15) is 0 Å². The maximum atomic E-state index is 13.2. The van der Waals surface area contributed by atoms with E-state index >= 15 is 0 Å². The van der Waals surface area contributed by atoms with Crippen molar-refractivity contribution < 1.29 is 8.78 Å². The number of rotatable bonds is 5. The molecule has 0 aromatic rings. The molecule has 3 heteroatoms. The van der Waals surface area contributed by atoms with Gasteiger partial charge in [0.1, 0.15) is 19.5 Å². The summed E-state index contributed by atoms with van der Waals surface area (Å²) in [5.74, 6) is -1.41. The Morgan fingerprint density at radius 3 is 2.21 bits per heavy atom. The van der Waals surface area contributed by atoms with Crippen molar-refractivity contribution in [2.75, 3.05) is 0 Å². The molecule has 0 aliphatic carbocycles. The van der Waals surface area contributed by atoms with Crippen molar-refractivity contribution in [3.8, 4) is 0 Å². The second-order valence-corrected chi connectivity index (χ2v) is 3.06. The normalized spacial score (nSPS) is 14.2. The topological polar surface area (TPSA) is 0 Å². The summed E-state index contributed by atoms with van der Waals surface area (Å²) in [7, 11) is 5.22. The van der Waals surface area contributed by atoms with E-state index in [9.17, 15) is 8.78 Å². The van der Waals surface area contributed by atoms with Gasteiger partial charge in [-0.05, 0) is 36.4 Å². The minimum atomic E-state index is -0.815. The lowest BCUT2D eigenvalue weighted by atomic mass is 9.90. The number of halogens is 2. The smallest absolute Gasteiger partial charge is 0.122 e. The van der Waals surface area contributed by atoms with Crippen LogP contribution in [0.4, 0.5) is 8.78 Å². The number of hydrogen-bond acceptors (Lipinski definition) is 0. The van der Waals surface area contributed by atoms with Crippen LogP contribution in [0.5, 0.6) is 0 Å². The van der Waals surface area contributed by atoms with Crippen molar-refractivity contribution in [3.63, 3.8) is 0 Å². The molecule has 0 heterocycles. The zero-order valence-corrected chi connectivity index (χ0v) is 8.69. The Hall–Kier alpha value is -0.855. The Balaban J connectivity index is 4.75. The number of allylic oxidation sites excluding steroid dienone is 5. The van der Waals surface area contributed by atoms with Gasteiger partial charge in [0.25, 0.3) is 0 Å². The van der Waals surface area contributed by atoms with Crippen LogP contribution in [-0.4, -0.2) is 7.85 Å². The molecule has 0 amide bonds. The van der Waals surface area contributed by atoms with Crippen molar-refractivity contribution in [2.24, 2.45) is 5.92 Å². The summed E-state index contributed by atoms with van der Waals surface area (Å²) in [6.07, 6.45) is 3.88. The Labute approximate surface area is 85.8 Å². The van der Waals surface area contributed by atoms with Gasteiger partial charge in [0.2, 0.25) is 0 Å². The molecule has 0 aliphatic heterocycles. The third-order valence-electron chi connectivity index (χ3n) is 2.12. The van der Waals surface area contributed by atoms with Gasteiger partial charge in [0.15, 0.2) is 0 Å². The highest BCUT2D eigenvalue weighted by atomic mass is 19.1. The van der Waals surface area contributed by atoms with Gasteiger partial charge < -0.3 is 0 Å². The highest BCUT2D eigenvalue weighted by Gasteiger charge is 2.06. The standard InChI is InChI=1S/C11H15BF2/c1-4-8(5-2)7-10(14)11(12)9(13)6-3/h6-8H,3-5H2,1-2H3/b10-7+,11-9-. The van der Waals surface area contributed by atoms with Crippen LogP contribution in [0.2, 0.25) is 0 Å². The van der Waals surface area contributed by atoms with Gasteiger partial charge in [-0.3, -0.25) is 0 Å². The largest absolute Gasteiger partial charge is 0.208 e. The molecule has 2 radical (unpaired) electrons. The molecule has 0 N–H and O–H groups in total. The minimum Gasteiger partial charge on any atom is -0.208 e. The minimum absolute atomic E-state index is 0.103. The summed E-state index contributed by atoms with van der Waals surface area (Å²) < 4.78 is 26.0. The van der Waals surface area contributed by atoms with Crippen LogP contribution in [0.15, 0.2) is 35.9 Å². The molecule has 0 aromatic carbocycles. The molecule has 0 bridgehead atoms. The first kappa shape index (κ1) is 13.1. The van der Waals surface area contributed by atoms with E-state index in [0.29, 0.717) is 0 Å². The lowest BCUT2D eigenvalue weighted by Gasteiger charge is -2.07. The molecule has 76 valence electrons. The third-order valence-corrected chi connectivity index (χ3v) is 2.12. The fraction of sp³-hybridized carbons (Fsp3) is 0.455. The first-order valence-electron chi connectivity index (χ1n) is 4.72. The Bertz CT molecular complexity index is 250. The number of hydrogen-bond donors (Lipinski definition) is 0. The molecular weight excluding hydrogens is 181 g/mol. The second kappa shape index (κ2) is 6.58. The first-order valence-corrected chi connectivity index (χ1v) is 4.72. The first-order chi connectivity index (χ1) is 6.56. The monoisotopic (exact) mass is 196 g/mol. The molecule has 0 aromatic heterocycles. The molecule has 0 saturated carbocycles. The summed E-state index contributed by atoms with van der Waals surface area (Å²) in [5.41, 5.74) is -0.466. The van der Waals surface area contributed by atoms with E-state index in [1.54, 1.807) is 0 Å². The van der Waals surface area contributed by atoms with E-state index in [4.69, 9.17) is 7.85 Å². The fourth-order valence-corrected chi connectivity index (χ4v) is 1.05. The van der Waals surface area contributed by atoms with E-state index in [0.717, 1.165) is 18.9 Å². The Morgan fingerprint density at radius 2 is 1.86 bits per heavy atom. The van der Waals surface area contributed by atoms with Crippen molar-refractivity contribution in [1.29, 1.82) is 0 Å². The fourth-order valence-electron chi connectivity index (χ4n) is 1.05. The molecule has 14 heavy (non-hydrogen) atoms. The van der Waals surface area contributed by atoms with Gasteiger partial charge in [-0.1, -0.05) is 20.4 Å². The predicted molar refractivity (Wildman–Crippen MR) is 57.3 cm³/mol. The van der Waals surface area contributed by atoms with E-state index in [1.165, 1.54) is 6.08 Å². The highest BCUT2D eigenvalue weighted by Crippen LogP contribution is 2.19. The van der Waals surface area contributed by atoms with Crippen LogP contribution in [0.25, 0.3) is 0 Å². The van der Waals surface area contributed by atoms with E-state index in [1.807, 2.05) is 13.8 Å². The lowest BCUT2D eigenvalue weighted by Crippen LogP contribution is -1.95. The van der Waals surface area contributed by atoms with Gasteiger partial charge in [0.05, 0.1) is 0 Å². The molecule has 0 saturated heterocycles. The van der Waals surface area contributed by atoms with Crippen LogP contribution < -0.4 is 0 Å². The molecule has 0 spiro atoms. The van der Waals surface area contributed by atoms with E-state index in [-0.39, 0.29) is 5.92 Å². The second-order valence-electron chi connectivity index (χ2n) is 3.06. The maximum absolute atomic E-state index is 13.2. The van der Waals surface area contributed by atoms with Crippen molar-refractivity contribution in [3.05, 3.63) is 35.9 Å².